The topological polar surface area (TPSA) is 61.4 Å². The summed E-state index contributed by atoms with van der Waals surface area (Å²) in [5.74, 6) is -1.11. The summed E-state index contributed by atoms with van der Waals surface area (Å²) >= 11 is 5.69. The molecule has 1 atom stereocenters. The number of aliphatic hydroxyl groups is 1. The molecule has 1 aromatic carbocycles. The number of amides is 1. The Hall–Kier alpha value is -1.17. The fourth-order valence-corrected chi connectivity index (χ4v) is 1.51. The van der Waals surface area contributed by atoms with Crippen molar-refractivity contribution in [2.75, 3.05) is 19.6 Å². The highest BCUT2D eigenvalue weighted by Crippen LogP contribution is 2.14. The second-order valence-electron chi connectivity index (χ2n) is 3.93. The normalized spacial score (nSPS) is 12.2. The maximum absolute atomic E-state index is 13.3. The lowest BCUT2D eigenvalue weighted by atomic mass is 10.2. The van der Waals surface area contributed by atoms with Crippen LogP contribution < -0.4 is 10.6 Å². The molecule has 1 unspecified atom stereocenters. The van der Waals surface area contributed by atoms with Gasteiger partial charge in [-0.1, -0.05) is 11.6 Å². The van der Waals surface area contributed by atoms with E-state index < -0.39 is 17.8 Å². The maximum atomic E-state index is 13.3. The third-order valence-electron chi connectivity index (χ3n) is 2.20. The van der Waals surface area contributed by atoms with Crippen LogP contribution in [0.5, 0.6) is 0 Å². The zero-order chi connectivity index (χ0) is 13.5. The summed E-state index contributed by atoms with van der Waals surface area (Å²) < 4.78 is 13.3. The first-order valence-corrected chi connectivity index (χ1v) is 6.00. The van der Waals surface area contributed by atoms with Gasteiger partial charge in [-0.2, -0.15) is 0 Å². The zero-order valence-corrected chi connectivity index (χ0v) is 10.8. The molecule has 3 N–H and O–H groups in total. The molecule has 0 heterocycles. The Kier molecular flexibility index (Phi) is 6.04. The van der Waals surface area contributed by atoms with Crippen LogP contribution in [0.3, 0.4) is 0 Å². The van der Waals surface area contributed by atoms with E-state index >= 15 is 0 Å². The monoisotopic (exact) mass is 274 g/mol. The fraction of sp³-hybridized carbons (Fsp3) is 0.417. The standard InChI is InChI=1S/C12H16ClFN2O2/c1-8(17)7-15-4-5-16-12(18)10-6-9(13)2-3-11(10)14/h2-3,6,8,15,17H,4-5,7H2,1H3,(H,16,18). The third-order valence-corrected chi connectivity index (χ3v) is 2.44. The molecule has 0 aliphatic carbocycles. The van der Waals surface area contributed by atoms with E-state index in [-0.39, 0.29) is 5.56 Å². The number of rotatable bonds is 6. The summed E-state index contributed by atoms with van der Waals surface area (Å²) in [6.07, 6.45) is -0.439. The minimum atomic E-state index is -0.603. The molecule has 4 nitrogen and oxygen atoms in total. The molecule has 0 bridgehead atoms. The average Bonchev–Trinajstić information content (AvgIpc) is 2.31. The zero-order valence-electron chi connectivity index (χ0n) is 10.0. The number of halogens is 2. The van der Waals surface area contributed by atoms with E-state index in [0.29, 0.717) is 24.7 Å². The molecular weight excluding hydrogens is 259 g/mol. The van der Waals surface area contributed by atoms with Gasteiger partial charge in [0.15, 0.2) is 0 Å². The third kappa shape index (κ3) is 5.00. The number of nitrogens with one attached hydrogen (secondary N) is 2. The minimum absolute atomic E-state index is 0.0713. The predicted octanol–water partition coefficient (Wildman–Crippen LogP) is 1.18. The van der Waals surface area contributed by atoms with Crippen LogP contribution in [0.4, 0.5) is 4.39 Å². The molecule has 1 amide bonds. The van der Waals surface area contributed by atoms with Crippen molar-refractivity contribution in [1.82, 2.24) is 10.6 Å². The van der Waals surface area contributed by atoms with Crippen molar-refractivity contribution in [3.05, 3.63) is 34.6 Å². The quantitative estimate of drug-likeness (QED) is 0.683. The first-order chi connectivity index (χ1) is 8.50. The molecule has 1 rings (SSSR count). The van der Waals surface area contributed by atoms with Gasteiger partial charge in [0.2, 0.25) is 0 Å². The highest BCUT2D eigenvalue weighted by Gasteiger charge is 2.11. The van der Waals surface area contributed by atoms with Gasteiger partial charge in [0, 0.05) is 24.7 Å². The second-order valence-corrected chi connectivity index (χ2v) is 4.37. The molecule has 0 spiro atoms. The van der Waals surface area contributed by atoms with Gasteiger partial charge in [0.1, 0.15) is 5.82 Å². The van der Waals surface area contributed by atoms with Crippen LogP contribution in [0, 0.1) is 5.82 Å². The van der Waals surface area contributed by atoms with E-state index in [0.717, 1.165) is 6.07 Å². The van der Waals surface area contributed by atoms with Gasteiger partial charge >= 0.3 is 0 Å². The number of carbonyl (C=O) groups is 1. The lowest BCUT2D eigenvalue weighted by Gasteiger charge is -2.08. The summed E-state index contributed by atoms with van der Waals surface area (Å²) in [6, 6.07) is 3.83. The van der Waals surface area contributed by atoms with E-state index in [1.165, 1.54) is 12.1 Å². The van der Waals surface area contributed by atoms with E-state index in [2.05, 4.69) is 10.6 Å². The molecule has 0 aliphatic heterocycles. The molecule has 0 saturated carbocycles. The summed E-state index contributed by atoms with van der Waals surface area (Å²) in [6.45, 7) is 2.95. The summed E-state index contributed by atoms with van der Waals surface area (Å²) in [7, 11) is 0. The lowest BCUT2D eigenvalue weighted by Crippen LogP contribution is -2.34. The number of hydrogen-bond donors (Lipinski definition) is 3. The molecule has 0 radical (unpaired) electrons. The predicted molar refractivity (Wildman–Crippen MR) is 68.3 cm³/mol. The van der Waals surface area contributed by atoms with Gasteiger partial charge < -0.3 is 15.7 Å². The van der Waals surface area contributed by atoms with Crippen LogP contribution in [0.2, 0.25) is 5.02 Å². The smallest absolute Gasteiger partial charge is 0.254 e. The van der Waals surface area contributed by atoms with Crippen LogP contribution in [0.15, 0.2) is 18.2 Å². The summed E-state index contributed by atoms with van der Waals surface area (Å²) in [5.41, 5.74) is -0.0713. The van der Waals surface area contributed by atoms with Crippen LogP contribution in [0.1, 0.15) is 17.3 Å². The van der Waals surface area contributed by atoms with Crippen molar-refractivity contribution >= 4 is 17.5 Å². The largest absolute Gasteiger partial charge is 0.392 e. The minimum Gasteiger partial charge on any atom is -0.392 e. The number of benzene rings is 1. The second kappa shape index (κ2) is 7.31. The molecule has 1 aromatic rings. The molecular formula is C12H16ClFN2O2. The highest BCUT2D eigenvalue weighted by atomic mass is 35.5. The Morgan fingerprint density at radius 1 is 1.50 bits per heavy atom. The molecule has 0 fully saturated rings. The molecule has 0 saturated heterocycles. The van der Waals surface area contributed by atoms with Crippen molar-refractivity contribution in [3.8, 4) is 0 Å². The Bertz CT molecular complexity index is 413. The SMILES string of the molecule is CC(O)CNCCNC(=O)c1cc(Cl)ccc1F. The van der Waals surface area contributed by atoms with Crippen LogP contribution in [-0.4, -0.2) is 36.8 Å². The van der Waals surface area contributed by atoms with Gasteiger partial charge in [-0.3, -0.25) is 4.79 Å². The van der Waals surface area contributed by atoms with Crippen molar-refractivity contribution in [1.29, 1.82) is 0 Å². The van der Waals surface area contributed by atoms with Crippen molar-refractivity contribution in [2.45, 2.75) is 13.0 Å². The van der Waals surface area contributed by atoms with Gasteiger partial charge in [-0.15, -0.1) is 0 Å². The molecule has 6 heteroatoms. The van der Waals surface area contributed by atoms with Gasteiger partial charge in [0.05, 0.1) is 11.7 Å². The Morgan fingerprint density at radius 3 is 2.89 bits per heavy atom. The van der Waals surface area contributed by atoms with E-state index in [1.807, 2.05) is 0 Å². The number of aliphatic hydroxyl groups excluding tert-OH is 1. The fourth-order valence-electron chi connectivity index (χ4n) is 1.34. The first-order valence-electron chi connectivity index (χ1n) is 5.62. The van der Waals surface area contributed by atoms with Crippen LogP contribution in [0.25, 0.3) is 0 Å². The molecule has 18 heavy (non-hydrogen) atoms. The van der Waals surface area contributed by atoms with Gasteiger partial charge in [-0.25, -0.2) is 4.39 Å². The number of hydrogen-bond acceptors (Lipinski definition) is 3. The van der Waals surface area contributed by atoms with E-state index in [1.54, 1.807) is 6.92 Å². The van der Waals surface area contributed by atoms with Gasteiger partial charge in [0.25, 0.3) is 5.91 Å². The van der Waals surface area contributed by atoms with E-state index in [9.17, 15) is 9.18 Å². The van der Waals surface area contributed by atoms with Crippen molar-refractivity contribution in [2.24, 2.45) is 0 Å². The van der Waals surface area contributed by atoms with Crippen LogP contribution in [-0.2, 0) is 0 Å². The Morgan fingerprint density at radius 2 is 2.22 bits per heavy atom. The average molecular weight is 275 g/mol. The first kappa shape index (κ1) is 14.9. The molecule has 0 aliphatic rings. The lowest BCUT2D eigenvalue weighted by molar-refractivity contribution is 0.0949. The van der Waals surface area contributed by atoms with Crippen molar-refractivity contribution in [3.63, 3.8) is 0 Å². The highest BCUT2D eigenvalue weighted by molar-refractivity contribution is 6.30. The van der Waals surface area contributed by atoms with Crippen molar-refractivity contribution < 1.29 is 14.3 Å². The number of carbonyl (C=O) groups excluding carboxylic acids is 1. The summed E-state index contributed by atoms with van der Waals surface area (Å²) in [5, 5.41) is 14.8. The maximum Gasteiger partial charge on any atom is 0.254 e. The van der Waals surface area contributed by atoms with Crippen LogP contribution >= 0.6 is 11.6 Å². The van der Waals surface area contributed by atoms with Gasteiger partial charge in [-0.05, 0) is 25.1 Å². The molecule has 100 valence electrons. The Balaban J connectivity index is 2.39. The van der Waals surface area contributed by atoms with E-state index in [4.69, 9.17) is 16.7 Å². The molecule has 0 aromatic heterocycles. The summed E-state index contributed by atoms with van der Waals surface area (Å²) in [4.78, 5) is 11.6. The Labute approximate surface area is 110 Å².